The molecule has 0 fully saturated rings. The molecule has 0 aliphatic carbocycles. The Kier molecular flexibility index (Phi) is 5.82. The predicted octanol–water partition coefficient (Wildman–Crippen LogP) is 4.71. The summed E-state index contributed by atoms with van der Waals surface area (Å²) >= 11 is 0. The highest BCUT2D eigenvalue weighted by Gasteiger charge is 2.29. The van der Waals surface area contributed by atoms with Crippen molar-refractivity contribution in [2.24, 2.45) is 0 Å². The van der Waals surface area contributed by atoms with E-state index in [1.807, 2.05) is 18.2 Å². The Morgan fingerprint density at radius 3 is 1.96 bits per heavy atom. The normalized spacial score (nSPS) is 13.0. The number of benzene rings is 1. The Morgan fingerprint density at radius 2 is 1.35 bits per heavy atom. The van der Waals surface area contributed by atoms with Crippen LogP contribution >= 0.6 is 0 Å². The summed E-state index contributed by atoms with van der Waals surface area (Å²) in [5.41, 5.74) is 5.63. The van der Waals surface area contributed by atoms with Crippen molar-refractivity contribution in [3.8, 4) is 0 Å². The fourth-order valence-electron chi connectivity index (χ4n) is 2.28. The Balaban J connectivity index is 2.03. The van der Waals surface area contributed by atoms with Crippen LogP contribution in [0.5, 0.6) is 0 Å². The summed E-state index contributed by atoms with van der Waals surface area (Å²) in [6.07, 6.45) is 7.64. The van der Waals surface area contributed by atoms with Gasteiger partial charge in [-0.3, -0.25) is 0 Å². The lowest BCUT2D eigenvalue weighted by atomic mass is 10.2. The average molecular weight is 341 g/mol. The van der Waals surface area contributed by atoms with Gasteiger partial charge in [0.25, 0.3) is 0 Å². The quantitative estimate of drug-likeness (QED) is 0.714. The van der Waals surface area contributed by atoms with E-state index in [1.54, 1.807) is 12.4 Å². The molecule has 0 spiro atoms. The highest BCUT2D eigenvalue weighted by Crippen LogP contribution is 2.18. The van der Waals surface area contributed by atoms with Crippen molar-refractivity contribution >= 4 is 28.8 Å². The number of rotatable bonds is 6. The molecular weight excluding hydrogens is 316 g/mol. The van der Waals surface area contributed by atoms with E-state index >= 15 is 0 Å². The van der Waals surface area contributed by atoms with Crippen LogP contribution in [-0.4, -0.2) is 26.6 Å². The van der Waals surface area contributed by atoms with Crippen LogP contribution in [0.2, 0.25) is 26.2 Å². The topological polar surface area (TPSA) is 35.0 Å². The number of hydrogen-bond acceptors (Lipinski definition) is 3. The van der Waals surface area contributed by atoms with Gasteiger partial charge in [-0.05, 0) is 43.9 Å². The molecule has 2 aromatic rings. The molecule has 120 valence electrons. The van der Waals surface area contributed by atoms with Crippen molar-refractivity contribution in [1.29, 1.82) is 0 Å². The van der Waals surface area contributed by atoms with E-state index in [0.717, 1.165) is 5.82 Å². The molecule has 0 aliphatic rings. The van der Waals surface area contributed by atoms with Gasteiger partial charge in [-0.25, -0.2) is 9.97 Å². The van der Waals surface area contributed by atoms with Gasteiger partial charge in [-0.15, -0.1) is 0 Å². The molecule has 0 atom stereocenters. The lowest BCUT2D eigenvalue weighted by molar-refractivity contribution is 0.571. The van der Waals surface area contributed by atoms with Crippen molar-refractivity contribution in [1.82, 2.24) is 9.97 Å². The molecule has 3 nitrogen and oxygen atoms in total. The standard InChI is InChI=1S/C18H24N2OSi2/c1-22(2,15-11-17-9-6-5-7-10-17)21-23(3,4)16-12-18-19-13-8-14-20-18/h5-16H,1-4H3/b15-11+,16-12+. The Labute approximate surface area is 141 Å². The molecular formula is C18H24N2OSi2. The van der Waals surface area contributed by atoms with E-state index in [0.29, 0.717) is 0 Å². The Morgan fingerprint density at radius 1 is 0.783 bits per heavy atom. The zero-order valence-corrected chi connectivity index (χ0v) is 16.2. The third kappa shape index (κ3) is 6.44. The zero-order chi connectivity index (χ0) is 16.8. The largest absolute Gasteiger partial charge is 0.449 e. The van der Waals surface area contributed by atoms with Gasteiger partial charge in [0, 0.05) is 12.4 Å². The molecule has 0 N–H and O–H groups in total. The van der Waals surface area contributed by atoms with E-state index in [2.05, 4.69) is 77.9 Å². The first-order chi connectivity index (χ1) is 10.9. The van der Waals surface area contributed by atoms with Crippen LogP contribution in [0, 0.1) is 0 Å². The van der Waals surface area contributed by atoms with Crippen LogP contribution < -0.4 is 0 Å². The van der Waals surface area contributed by atoms with Gasteiger partial charge in [0.2, 0.25) is 0 Å². The molecule has 0 radical (unpaired) electrons. The van der Waals surface area contributed by atoms with Gasteiger partial charge >= 0.3 is 0 Å². The molecule has 0 amide bonds. The first-order valence-electron chi connectivity index (χ1n) is 7.77. The summed E-state index contributed by atoms with van der Waals surface area (Å²) in [6, 6.07) is 12.2. The first kappa shape index (κ1) is 17.5. The lowest BCUT2D eigenvalue weighted by Gasteiger charge is -2.29. The minimum absolute atomic E-state index is 0.732. The van der Waals surface area contributed by atoms with Crippen LogP contribution in [0.25, 0.3) is 12.2 Å². The maximum absolute atomic E-state index is 6.52. The lowest BCUT2D eigenvalue weighted by Crippen LogP contribution is -2.42. The summed E-state index contributed by atoms with van der Waals surface area (Å²) < 4.78 is 6.52. The zero-order valence-electron chi connectivity index (χ0n) is 14.2. The van der Waals surface area contributed by atoms with Crippen molar-refractivity contribution in [2.45, 2.75) is 26.2 Å². The van der Waals surface area contributed by atoms with Crippen LogP contribution in [-0.2, 0) is 4.12 Å². The highest BCUT2D eigenvalue weighted by molar-refractivity contribution is 6.90. The highest BCUT2D eigenvalue weighted by atomic mass is 28.4. The smallest absolute Gasteiger partial charge is 0.198 e. The second kappa shape index (κ2) is 7.63. The van der Waals surface area contributed by atoms with Crippen LogP contribution in [0.3, 0.4) is 0 Å². The number of aromatic nitrogens is 2. The average Bonchev–Trinajstić information content (AvgIpc) is 2.52. The predicted molar refractivity (Wildman–Crippen MR) is 103 cm³/mol. The Bertz CT molecular complexity index is 608. The third-order valence-electron chi connectivity index (χ3n) is 3.22. The first-order valence-corrected chi connectivity index (χ1v) is 13.7. The molecule has 0 saturated heterocycles. The van der Waals surface area contributed by atoms with E-state index < -0.39 is 16.6 Å². The molecule has 2 rings (SSSR count). The molecule has 1 aromatic heterocycles. The van der Waals surface area contributed by atoms with Crippen molar-refractivity contribution < 1.29 is 4.12 Å². The molecule has 1 heterocycles. The van der Waals surface area contributed by atoms with Crippen LogP contribution in [0.15, 0.2) is 60.2 Å². The summed E-state index contributed by atoms with van der Waals surface area (Å²) in [6.45, 7) is 8.87. The van der Waals surface area contributed by atoms with Crippen molar-refractivity contribution in [3.05, 3.63) is 71.6 Å². The van der Waals surface area contributed by atoms with Gasteiger partial charge in [-0.2, -0.15) is 0 Å². The molecule has 0 saturated carbocycles. The summed E-state index contributed by atoms with van der Waals surface area (Å²) in [4.78, 5) is 8.44. The van der Waals surface area contributed by atoms with Gasteiger partial charge in [0.05, 0.1) is 0 Å². The van der Waals surface area contributed by atoms with E-state index in [1.165, 1.54) is 5.56 Å². The van der Waals surface area contributed by atoms with Gasteiger partial charge in [0.1, 0.15) is 0 Å². The van der Waals surface area contributed by atoms with Crippen molar-refractivity contribution in [2.75, 3.05) is 0 Å². The van der Waals surface area contributed by atoms with Crippen LogP contribution in [0.1, 0.15) is 11.4 Å². The molecule has 0 unspecified atom stereocenters. The van der Waals surface area contributed by atoms with Crippen LogP contribution in [0.4, 0.5) is 0 Å². The summed E-state index contributed by atoms with van der Waals surface area (Å²) in [5, 5.41) is 0. The SMILES string of the molecule is C[Si](C)(/C=C/c1ccccc1)O[Si](C)(C)/C=C/c1ncccn1. The van der Waals surface area contributed by atoms with E-state index in [9.17, 15) is 0 Å². The maximum Gasteiger partial charge on any atom is 0.198 e. The second-order valence-electron chi connectivity index (χ2n) is 6.49. The fourth-order valence-corrected chi connectivity index (χ4v) is 9.39. The minimum Gasteiger partial charge on any atom is -0.449 e. The minimum atomic E-state index is -1.91. The van der Waals surface area contributed by atoms with E-state index in [-0.39, 0.29) is 0 Å². The molecule has 0 aliphatic heterocycles. The third-order valence-corrected chi connectivity index (χ3v) is 9.37. The van der Waals surface area contributed by atoms with Gasteiger partial charge in [-0.1, -0.05) is 47.8 Å². The summed E-state index contributed by atoms with van der Waals surface area (Å²) in [5.74, 6) is 0.732. The second-order valence-corrected chi connectivity index (χ2v) is 14.4. The molecule has 1 aromatic carbocycles. The fraction of sp³-hybridized carbons (Fsp3) is 0.222. The molecule has 23 heavy (non-hydrogen) atoms. The maximum atomic E-state index is 6.52. The van der Waals surface area contributed by atoms with E-state index in [4.69, 9.17) is 4.12 Å². The van der Waals surface area contributed by atoms with Crippen molar-refractivity contribution in [3.63, 3.8) is 0 Å². The Hall–Kier alpha value is -1.83. The monoisotopic (exact) mass is 340 g/mol. The molecule has 0 bridgehead atoms. The molecule has 5 heteroatoms. The van der Waals surface area contributed by atoms with Gasteiger partial charge in [0.15, 0.2) is 22.5 Å². The summed E-state index contributed by atoms with van der Waals surface area (Å²) in [7, 11) is -3.78. The number of nitrogens with zero attached hydrogens (tertiary/aromatic N) is 2. The van der Waals surface area contributed by atoms with Gasteiger partial charge < -0.3 is 4.12 Å². The number of hydrogen-bond donors (Lipinski definition) is 0.